The summed E-state index contributed by atoms with van der Waals surface area (Å²) in [4.78, 5) is 18.0. The number of carbonyl (C=O) groups is 1. The highest BCUT2D eigenvalue weighted by molar-refractivity contribution is 7.90. The maximum absolute atomic E-state index is 12.2. The second-order valence-corrected chi connectivity index (χ2v) is 8.62. The number of thiazole rings is 1. The average Bonchev–Trinajstić information content (AvgIpc) is 2.73. The van der Waals surface area contributed by atoms with Crippen LogP contribution in [-0.2, 0) is 9.84 Å². The lowest BCUT2D eigenvalue weighted by atomic mass is 10.2. The predicted molar refractivity (Wildman–Crippen MR) is 86.5 cm³/mol. The monoisotopic (exact) mass is 334 g/mol. The maximum atomic E-state index is 12.2. The standard InChI is InChI=1S/C12H22N4O3S2/c1-8(2)7-14-12-15-10(13)9(20-12)11(17)16(3)5-6-21(4,18)19/h8H,5-7,13H2,1-4H3,(H,14,15). The normalized spacial score (nSPS) is 11.7. The van der Waals surface area contributed by atoms with Crippen LogP contribution in [0.4, 0.5) is 10.9 Å². The molecule has 3 N–H and O–H groups in total. The Kier molecular flexibility index (Phi) is 5.97. The summed E-state index contributed by atoms with van der Waals surface area (Å²) < 4.78 is 22.3. The molecule has 21 heavy (non-hydrogen) atoms. The fourth-order valence-corrected chi connectivity index (χ4v) is 2.92. The van der Waals surface area contributed by atoms with Gasteiger partial charge >= 0.3 is 0 Å². The van der Waals surface area contributed by atoms with E-state index in [0.29, 0.717) is 15.9 Å². The van der Waals surface area contributed by atoms with Gasteiger partial charge in [0.1, 0.15) is 20.5 Å². The fraction of sp³-hybridized carbons (Fsp3) is 0.667. The summed E-state index contributed by atoms with van der Waals surface area (Å²) in [6.45, 7) is 5.00. The fourth-order valence-electron chi connectivity index (χ4n) is 1.43. The summed E-state index contributed by atoms with van der Waals surface area (Å²) in [5.41, 5.74) is 5.76. The van der Waals surface area contributed by atoms with Crippen molar-refractivity contribution in [2.75, 3.05) is 43.2 Å². The largest absolute Gasteiger partial charge is 0.382 e. The van der Waals surface area contributed by atoms with Crippen molar-refractivity contribution in [3.05, 3.63) is 4.88 Å². The van der Waals surface area contributed by atoms with E-state index in [1.54, 1.807) is 7.05 Å². The minimum Gasteiger partial charge on any atom is -0.382 e. The van der Waals surface area contributed by atoms with Crippen LogP contribution < -0.4 is 11.1 Å². The number of nitrogens with two attached hydrogens (primary N) is 1. The molecule has 1 heterocycles. The van der Waals surface area contributed by atoms with Crippen molar-refractivity contribution in [1.29, 1.82) is 0 Å². The number of hydrogen-bond acceptors (Lipinski definition) is 7. The summed E-state index contributed by atoms with van der Waals surface area (Å²) in [5.74, 6) is 0.229. The number of rotatable bonds is 7. The summed E-state index contributed by atoms with van der Waals surface area (Å²) >= 11 is 1.18. The van der Waals surface area contributed by atoms with Gasteiger partial charge < -0.3 is 16.0 Å². The first-order valence-corrected chi connectivity index (χ1v) is 9.41. The quantitative estimate of drug-likeness (QED) is 0.768. The number of sulfone groups is 1. The van der Waals surface area contributed by atoms with Crippen molar-refractivity contribution < 1.29 is 13.2 Å². The summed E-state index contributed by atoms with van der Waals surface area (Å²) in [6, 6.07) is 0. The van der Waals surface area contributed by atoms with Crippen LogP contribution in [0.3, 0.4) is 0 Å². The number of nitrogen functional groups attached to an aromatic ring is 1. The van der Waals surface area contributed by atoms with E-state index < -0.39 is 9.84 Å². The number of nitrogens with zero attached hydrogens (tertiary/aromatic N) is 2. The van der Waals surface area contributed by atoms with E-state index in [0.717, 1.165) is 12.8 Å². The SMILES string of the molecule is CC(C)CNc1nc(N)c(C(=O)N(C)CCS(C)(=O)=O)s1. The average molecular weight is 334 g/mol. The minimum atomic E-state index is -3.11. The number of nitrogens with one attached hydrogen (secondary N) is 1. The van der Waals surface area contributed by atoms with Crippen LogP contribution in [0.15, 0.2) is 0 Å². The third kappa shape index (κ3) is 5.88. The summed E-state index contributed by atoms with van der Waals surface area (Å²) in [5, 5.41) is 3.71. The van der Waals surface area contributed by atoms with Crippen molar-refractivity contribution in [3.63, 3.8) is 0 Å². The van der Waals surface area contributed by atoms with Crippen molar-refractivity contribution in [3.8, 4) is 0 Å². The van der Waals surface area contributed by atoms with Crippen molar-refractivity contribution in [2.24, 2.45) is 5.92 Å². The highest BCUT2D eigenvalue weighted by Gasteiger charge is 2.20. The maximum Gasteiger partial charge on any atom is 0.267 e. The zero-order valence-electron chi connectivity index (χ0n) is 12.7. The summed E-state index contributed by atoms with van der Waals surface area (Å²) in [6.07, 6.45) is 1.14. The van der Waals surface area contributed by atoms with E-state index in [1.807, 2.05) is 0 Å². The van der Waals surface area contributed by atoms with Gasteiger partial charge in [-0.25, -0.2) is 13.4 Å². The Morgan fingerprint density at radius 3 is 2.62 bits per heavy atom. The summed E-state index contributed by atoms with van der Waals surface area (Å²) in [7, 11) is -1.56. The van der Waals surface area contributed by atoms with Gasteiger partial charge in [0, 0.05) is 26.4 Å². The third-order valence-corrected chi connectivity index (χ3v) is 4.59. The second kappa shape index (κ2) is 7.08. The molecule has 9 heteroatoms. The smallest absolute Gasteiger partial charge is 0.267 e. The zero-order valence-corrected chi connectivity index (χ0v) is 14.3. The van der Waals surface area contributed by atoms with Crippen LogP contribution in [0.2, 0.25) is 0 Å². The van der Waals surface area contributed by atoms with Gasteiger partial charge in [-0.05, 0) is 5.92 Å². The van der Waals surface area contributed by atoms with E-state index in [-0.39, 0.29) is 24.0 Å². The van der Waals surface area contributed by atoms with E-state index in [2.05, 4.69) is 24.1 Å². The molecule has 0 fully saturated rings. The molecule has 0 unspecified atom stereocenters. The van der Waals surface area contributed by atoms with Gasteiger partial charge in [-0.3, -0.25) is 4.79 Å². The van der Waals surface area contributed by atoms with Crippen LogP contribution in [-0.4, -0.2) is 56.4 Å². The Hall–Kier alpha value is -1.35. The van der Waals surface area contributed by atoms with Gasteiger partial charge in [0.25, 0.3) is 5.91 Å². The molecule has 1 rings (SSSR count). The number of amides is 1. The highest BCUT2D eigenvalue weighted by Crippen LogP contribution is 2.26. The number of anilines is 2. The van der Waals surface area contributed by atoms with Crippen molar-refractivity contribution >= 4 is 38.0 Å². The molecule has 1 aromatic rings. The van der Waals surface area contributed by atoms with Gasteiger partial charge in [-0.1, -0.05) is 25.2 Å². The molecule has 0 saturated carbocycles. The highest BCUT2D eigenvalue weighted by atomic mass is 32.2. The lowest BCUT2D eigenvalue weighted by molar-refractivity contribution is 0.0809. The Morgan fingerprint density at radius 2 is 2.10 bits per heavy atom. The first-order valence-electron chi connectivity index (χ1n) is 6.53. The van der Waals surface area contributed by atoms with Crippen LogP contribution >= 0.6 is 11.3 Å². The molecule has 1 amide bonds. The van der Waals surface area contributed by atoms with E-state index in [1.165, 1.54) is 16.2 Å². The first kappa shape index (κ1) is 17.7. The van der Waals surface area contributed by atoms with Crippen LogP contribution in [0.1, 0.15) is 23.5 Å². The van der Waals surface area contributed by atoms with E-state index in [4.69, 9.17) is 5.73 Å². The van der Waals surface area contributed by atoms with Crippen LogP contribution in [0, 0.1) is 5.92 Å². The second-order valence-electron chi connectivity index (χ2n) is 5.36. The molecule has 7 nitrogen and oxygen atoms in total. The Balaban J connectivity index is 2.73. The molecule has 1 aromatic heterocycles. The number of aromatic nitrogens is 1. The molecule has 0 bridgehead atoms. The van der Waals surface area contributed by atoms with Gasteiger partial charge in [-0.2, -0.15) is 0 Å². The lowest BCUT2D eigenvalue weighted by Gasteiger charge is -2.15. The Labute approximate surface area is 129 Å². The van der Waals surface area contributed by atoms with Gasteiger partial charge in [0.2, 0.25) is 0 Å². The Bertz CT molecular complexity index is 596. The van der Waals surface area contributed by atoms with Crippen molar-refractivity contribution in [1.82, 2.24) is 9.88 Å². The van der Waals surface area contributed by atoms with Crippen LogP contribution in [0.5, 0.6) is 0 Å². The molecule has 0 saturated heterocycles. The number of carbonyl (C=O) groups excluding carboxylic acids is 1. The molecule has 0 spiro atoms. The lowest BCUT2D eigenvalue weighted by Crippen LogP contribution is -2.31. The van der Waals surface area contributed by atoms with Gasteiger partial charge in [0.05, 0.1) is 5.75 Å². The molecule has 120 valence electrons. The molecule has 0 aromatic carbocycles. The third-order valence-electron chi connectivity index (χ3n) is 2.65. The predicted octanol–water partition coefficient (Wildman–Crippen LogP) is 0.910. The van der Waals surface area contributed by atoms with Gasteiger partial charge in [0.15, 0.2) is 5.13 Å². The molecule has 0 aliphatic rings. The molecule has 0 aliphatic carbocycles. The molecule has 0 aliphatic heterocycles. The zero-order chi connectivity index (χ0) is 16.2. The van der Waals surface area contributed by atoms with Crippen LogP contribution in [0.25, 0.3) is 0 Å². The first-order chi connectivity index (χ1) is 9.60. The van der Waals surface area contributed by atoms with Gasteiger partial charge in [-0.15, -0.1) is 0 Å². The van der Waals surface area contributed by atoms with E-state index in [9.17, 15) is 13.2 Å². The molecule has 0 atom stereocenters. The van der Waals surface area contributed by atoms with E-state index >= 15 is 0 Å². The Morgan fingerprint density at radius 1 is 1.48 bits per heavy atom. The van der Waals surface area contributed by atoms with Crippen molar-refractivity contribution in [2.45, 2.75) is 13.8 Å². The molecule has 0 radical (unpaired) electrons. The molecular formula is C12H22N4O3S2. The number of hydrogen-bond donors (Lipinski definition) is 2. The topological polar surface area (TPSA) is 105 Å². The minimum absolute atomic E-state index is 0.0770. The molecular weight excluding hydrogens is 312 g/mol.